The second-order valence-electron chi connectivity index (χ2n) is 4.01. The Morgan fingerprint density at radius 3 is 2.43 bits per heavy atom. The van der Waals surface area contributed by atoms with Gasteiger partial charge >= 0.3 is 0 Å². The molecule has 14 heavy (non-hydrogen) atoms. The van der Waals surface area contributed by atoms with Gasteiger partial charge in [-0.2, -0.15) is 0 Å². The second-order valence-corrected chi connectivity index (χ2v) is 4.53. The van der Waals surface area contributed by atoms with Gasteiger partial charge in [0.05, 0.1) is 4.99 Å². The van der Waals surface area contributed by atoms with Crippen LogP contribution in [0.5, 0.6) is 0 Å². The number of hydrogen-bond acceptors (Lipinski definition) is 3. The summed E-state index contributed by atoms with van der Waals surface area (Å²) in [6.07, 6.45) is 5.40. The Morgan fingerprint density at radius 1 is 1.43 bits per heavy atom. The molecule has 1 aliphatic rings. The summed E-state index contributed by atoms with van der Waals surface area (Å²) in [5.74, 6) is 0. The molecule has 0 heterocycles. The van der Waals surface area contributed by atoms with Crippen molar-refractivity contribution in [1.82, 2.24) is 0 Å². The van der Waals surface area contributed by atoms with Gasteiger partial charge in [0.25, 0.3) is 0 Å². The standard InChI is InChI=1S/C9H16N2O2S/c10-8(14)4-7-9(11(12)13)5-2-1-3-6-9/h1-7H2,(H2,10,14). The van der Waals surface area contributed by atoms with E-state index in [4.69, 9.17) is 18.0 Å². The quantitative estimate of drug-likeness (QED) is 0.443. The molecule has 0 amide bonds. The average molecular weight is 216 g/mol. The SMILES string of the molecule is NC(=S)CCC1([N+](=O)[O-])CCCCC1. The lowest BCUT2D eigenvalue weighted by Crippen LogP contribution is -2.41. The summed E-state index contributed by atoms with van der Waals surface area (Å²) in [4.78, 5) is 11.3. The number of nitrogens with zero attached hydrogens (tertiary/aromatic N) is 1. The fourth-order valence-electron chi connectivity index (χ4n) is 2.09. The molecule has 2 N–H and O–H groups in total. The number of nitrogens with two attached hydrogens (primary N) is 1. The van der Waals surface area contributed by atoms with Crippen molar-refractivity contribution in [2.75, 3.05) is 0 Å². The van der Waals surface area contributed by atoms with Crippen LogP contribution in [0.3, 0.4) is 0 Å². The Labute approximate surface area is 89.0 Å². The van der Waals surface area contributed by atoms with E-state index in [9.17, 15) is 10.1 Å². The van der Waals surface area contributed by atoms with Crippen molar-refractivity contribution in [3.63, 3.8) is 0 Å². The van der Waals surface area contributed by atoms with Gasteiger partial charge in [-0.1, -0.05) is 18.6 Å². The lowest BCUT2D eigenvalue weighted by atomic mass is 9.79. The highest BCUT2D eigenvalue weighted by atomic mass is 32.1. The van der Waals surface area contributed by atoms with E-state index in [2.05, 4.69) is 0 Å². The lowest BCUT2D eigenvalue weighted by molar-refractivity contribution is -0.575. The minimum absolute atomic E-state index is 0.121. The maximum Gasteiger partial charge on any atom is 0.222 e. The van der Waals surface area contributed by atoms with E-state index >= 15 is 0 Å². The Bertz CT molecular complexity index is 237. The van der Waals surface area contributed by atoms with Crippen molar-refractivity contribution in [3.05, 3.63) is 10.1 Å². The van der Waals surface area contributed by atoms with Crippen molar-refractivity contribution < 1.29 is 4.92 Å². The molecule has 0 unspecified atom stereocenters. The van der Waals surface area contributed by atoms with Crippen molar-refractivity contribution in [2.45, 2.75) is 50.5 Å². The highest BCUT2D eigenvalue weighted by molar-refractivity contribution is 7.80. The van der Waals surface area contributed by atoms with Crippen molar-refractivity contribution in [2.24, 2.45) is 5.73 Å². The Balaban J connectivity index is 2.60. The van der Waals surface area contributed by atoms with Gasteiger partial charge in [0.15, 0.2) is 0 Å². The minimum Gasteiger partial charge on any atom is -0.393 e. The monoisotopic (exact) mass is 216 g/mol. The lowest BCUT2D eigenvalue weighted by Gasteiger charge is -2.28. The highest BCUT2D eigenvalue weighted by Gasteiger charge is 2.43. The third-order valence-electron chi connectivity index (χ3n) is 3.01. The van der Waals surface area contributed by atoms with Crippen LogP contribution in [0.25, 0.3) is 0 Å². The predicted octanol–water partition coefficient (Wildman–Crippen LogP) is 2.03. The summed E-state index contributed by atoms with van der Waals surface area (Å²) >= 11 is 4.76. The average Bonchev–Trinajstić information content (AvgIpc) is 2.16. The van der Waals surface area contributed by atoms with Gasteiger partial charge in [0.1, 0.15) is 0 Å². The fraction of sp³-hybridized carbons (Fsp3) is 0.889. The third kappa shape index (κ3) is 2.64. The van der Waals surface area contributed by atoms with Crippen LogP contribution in [-0.4, -0.2) is 15.5 Å². The largest absolute Gasteiger partial charge is 0.393 e. The van der Waals surface area contributed by atoms with Gasteiger partial charge in [-0.3, -0.25) is 10.1 Å². The van der Waals surface area contributed by atoms with Crippen molar-refractivity contribution in [1.29, 1.82) is 0 Å². The molecule has 80 valence electrons. The van der Waals surface area contributed by atoms with E-state index < -0.39 is 5.54 Å². The maximum atomic E-state index is 11.0. The fourth-order valence-corrected chi connectivity index (χ4v) is 2.19. The zero-order valence-corrected chi connectivity index (χ0v) is 9.02. The molecule has 0 spiro atoms. The van der Waals surface area contributed by atoms with E-state index in [1.165, 1.54) is 0 Å². The molecule has 0 radical (unpaired) electrons. The van der Waals surface area contributed by atoms with Gasteiger partial charge in [-0.25, -0.2) is 0 Å². The van der Waals surface area contributed by atoms with Gasteiger partial charge in [-0.05, 0) is 12.8 Å². The molecule has 0 aromatic carbocycles. The minimum atomic E-state index is -0.734. The van der Waals surface area contributed by atoms with Gasteiger partial charge in [0, 0.05) is 30.6 Å². The van der Waals surface area contributed by atoms with Crippen LogP contribution in [0.15, 0.2) is 0 Å². The summed E-state index contributed by atoms with van der Waals surface area (Å²) in [5, 5.41) is 11.0. The van der Waals surface area contributed by atoms with Crippen LogP contribution in [0, 0.1) is 10.1 Å². The van der Waals surface area contributed by atoms with E-state index in [1.54, 1.807) is 0 Å². The van der Waals surface area contributed by atoms with E-state index in [-0.39, 0.29) is 4.92 Å². The topological polar surface area (TPSA) is 69.2 Å². The zero-order valence-electron chi connectivity index (χ0n) is 8.20. The first-order chi connectivity index (χ1) is 6.57. The molecule has 0 bridgehead atoms. The van der Waals surface area contributed by atoms with Crippen LogP contribution in [0.4, 0.5) is 0 Å². The first-order valence-electron chi connectivity index (χ1n) is 5.00. The van der Waals surface area contributed by atoms with Crippen molar-refractivity contribution in [3.8, 4) is 0 Å². The molecular formula is C9H16N2O2S. The summed E-state index contributed by atoms with van der Waals surface area (Å²) in [7, 11) is 0. The normalized spacial score (nSPS) is 20.3. The second kappa shape index (κ2) is 4.68. The van der Waals surface area contributed by atoms with Gasteiger partial charge in [-0.15, -0.1) is 0 Å². The molecule has 0 aliphatic heterocycles. The van der Waals surface area contributed by atoms with E-state index in [0.717, 1.165) is 19.3 Å². The van der Waals surface area contributed by atoms with Crippen LogP contribution in [-0.2, 0) is 0 Å². The smallest absolute Gasteiger partial charge is 0.222 e. The molecule has 1 saturated carbocycles. The number of nitro groups is 1. The zero-order chi connectivity index (χ0) is 10.6. The maximum absolute atomic E-state index is 11.0. The molecule has 0 saturated heterocycles. The number of thiocarbonyl (C=S) groups is 1. The Kier molecular flexibility index (Phi) is 3.80. The van der Waals surface area contributed by atoms with Crippen LogP contribution < -0.4 is 5.73 Å². The number of hydrogen-bond donors (Lipinski definition) is 1. The van der Waals surface area contributed by atoms with Crippen molar-refractivity contribution >= 4 is 17.2 Å². The number of rotatable bonds is 4. The highest BCUT2D eigenvalue weighted by Crippen LogP contribution is 2.34. The molecule has 0 aromatic rings. The Hall–Kier alpha value is -0.710. The predicted molar refractivity (Wildman–Crippen MR) is 58.8 cm³/mol. The molecule has 0 aromatic heterocycles. The summed E-state index contributed by atoms with van der Waals surface area (Å²) in [6, 6.07) is 0. The van der Waals surface area contributed by atoms with Crippen LogP contribution in [0.2, 0.25) is 0 Å². The Morgan fingerprint density at radius 2 is 2.00 bits per heavy atom. The van der Waals surface area contributed by atoms with Crippen LogP contribution >= 0.6 is 12.2 Å². The summed E-state index contributed by atoms with van der Waals surface area (Å²) in [6.45, 7) is 0. The molecule has 1 fully saturated rings. The molecular weight excluding hydrogens is 200 g/mol. The first-order valence-corrected chi connectivity index (χ1v) is 5.40. The third-order valence-corrected chi connectivity index (χ3v) is 3.21. The van der Waals surface area contributed by atoms with E-state index in [0.29, 0.717) is 30.7 Å². The van der Waals surface area contributed by atoms with E-state index in [1.807, 2.05) is 0 Å². The molecule has 5 heteroatoms. The summed E-state index contributed by atoms with van der Waals surface area (Å²) in [5.41, 5.74) is 4.64. The molecule has 0 atom stereocenters. The molecule has 4 nitrogen and oxygen atoms in total. The molecule has 1 aliphatic carbocycles. The summed E-state index contributed by atoms with van der Waals surface area (Å²) < 4.78 is 0. The van der Waals surface area contributed by atoms with Crippen LogP contribution in [0.1, 0.15) is 44.9 Å². The molecule has 1 rings (SSSR count). The van der Waals surface area contributed by atoms with Gasteiger partial charge < -0.3 is 5.73 Å². The first kappa shape index (κ1) is 11.4. The van der Waals surface area contributed by atoms with Gasteiger partial charge in [0.2, 0.25) is 5.54 Å².